The number of benzene rings is 2. The number of carboxylic acids is 1. The largest absolute Gasteiger partial charge is 0.480 e. The lowest BCUT2D eigenvalue weighted by atomic mass is 10.0. The highest BCUT2D eigenvalue weighted by Gasteiger charge is 2.22. The summed E-state index contributed by atoms with van der Waals surface area (Å²) in [4.78, 5) is 23.6. The van der Waals surface area contributed by atoms with Crippen LogP contribution in [-0.2, 0) is 11.2 Å². The zero-order valence-corrected chi connectivity index (χ0v) is 12.2. The van der Waals surface area contributed by atoms with Gasteiger partial charge in [-0.25, -0.2) is 4.79 Å². The highest BCUT2D eigenvalue weighted by atomic mass is 16.7. The lowest BCUT2D eigenvalue weighted by Crippen LogP contribution is -2.42. The van der Waals surface area contributed by atoms with Gasteiger partial charge in [0.15, 0.2) is 11.5 Å². The predicted octanol–water partition coefficient (Wildman–Crippen LogP) is 1.84. The highest BCUT2D eigenvalue weighted by molar-refractivity contribution is 5.96. The first-order valence-corrected chi connectivity index (χ1v) is 7.11. The zero-order chi connectivity index (χ0) is 16.2. The van der Waals surface area contributed by atoms with E-state index in [-0.39, 0.29) is 13.2 Å². The average Bonchev–Trinajstić information content (AvgIpc) is 3.02. The molecule has 2 aromatic carbocycles. The summed E-state index contributed by atoms with van der Waals surface area (Å²) < 4.78 is 10.5. The van der Waals surface area contributed by atoms with E-state index in [9.17, 15) is 14.7 Å². The van der Waals surface area contributed by atoms with E-state index in [2.05, 4.69) is 5.32 Å². The van der Waals surface area contributed by atoms with Crippen LogP contribution in [0.15, 0.2) is 48.5 Å². The molecule has 118 valence electrons. The number of hydrogen-bond acceptors (Lipinski definition) is 4. The molecule has 0 unspecified atom stereocenters. The number of amides is 1. The number of carboxylic acid groups (broad SMARTS) is 1. The number of nitrogens with one attached hydrogen (secondary N) is 1. The Morgan fingerprint density at radius 3 is 2.57 bits per heavy atom. The molecule has 1 aliphatic heterocycles. The smallest absolute Gasteiger partial charge is 0.326 e. The first-order chi connectivity index (χ1) is 11.1. The predicted molar refractivity (Wildman–Crippen MR) is 81.6 cm³/mol. The molecule has 6 nitrogen and oxygen atoms in total. The van der Waals surface area contributed by atoms with Crippen molar-refractivity contribution in [2.75, 3.05) is 6.79 Å². The van der Waals surface area contributed by atoms with Crippen LogP contribution in [0, 0.1) is 0 Å². The van der Waals surface area contributed by atoms with Gasteiger partial charge in [-0.1, -0.05) is 24.3 Å². The number of rotatable bonds is 5. The van der Waals surface area contributed by atoms with Crippen LogP contribution in [0.4, 0.5) is 0 Å². The van der Waals surface area contributed by atoms with Gasteiger partial charge in [-0.2, -0.15) is 0 Å². The summed E-state index contributed by atoms with van der Waals surface area (Å²) in [6.45, 7) is 0.159. The molecule has 0 fully saturated rings. The van der Waals surface area contributed by atoms with Gasteiger partial charge in [-0.3, -0.25) is 4.79 Å². The van der Waals surface area contributed by atoms with E-state index in [1.165, 1.54) is 0 Å². The van der Waals surface area contributed by atoms with E-state index in [0.717, 1.165) is 5.56 Å². The molecule has 0 aliphatic carbocycles. The van der Waals surface area contributed by atoms with E-state index in [4.69, 9.17) is 9.47 Å². The van der Waals surface area contributed by atoms with Crippen molar-refractivity contribution in [2.24, 2.45) is 0 Å². The van der Waals surface area contributed by atoms with Gasteiger partial charge < -0.3 is 19.9 Å². The van der Waals surface area contributed by atoms with Gasteiger partial charge in [-0.05, 0) is 29.8 Å². The molecule has 6 heteroatoms. The minimum atomic E-state index is -1.09. The Labute approximate surface area is 132 Å². The monoisotopic (exact) mass is 313 g/mol. The number of fused-ring (bicyclic) bond motifs is 1. The SMILES string of the molecule is O=C(N[C@@H](Cc1ccc2c(c1)OCO2)C(=O)O)c1ccccc1. The Kier molecular flexibility index (Phi) is 4.14. The normalized spacial score (nSPS) is 13.4. The van der Waals surface area contributed by atoms with Gasteiger partial charge in [0.2, 0.25) is 6.79 Å². The van der Waals surface area contributed by atoms with E-state index in [0.29, 0.717) is 17.1 Å². The van der Waals surface area contributed by atoms with Crippen LogP contribution >= 0.6 is 0 Å². The standard InChI is InChI=1S/C17H15NO5/c19-16(12-4-2-1-3-5-12)18-13(17(20)21)8-11-6-7-14-15(9-11)23-10-22-14/h1-7,9,13H,8,10H2,(H,18,19)(H,20,21)/t13-/m0/s1. The Bertz CT molecular complexity index is 729. The molecule has 0 bridgehead atoms. The molecule has 0 saturated carbocycles. The van der Waals surface area contributed by atoms with Crippen LogP contribution in [-0.4, -0.2) is 29.8 Å². The van der Waals surface area contributed by atoms with Crippen LogP contribution in [0.3, 0.4) is 0 Å². The van der Waals surface area contributed by atoms with Crippen LogP contribution in [0.25, 0.3) is 0 Å². The van der Waals surface area contributed by atoms with Crippen molar-refractivity contribution < 1.29 is 24.2 Å². The first kappa shape index (κ1) is 14.9. The molecule has 23 heavy (non-hydrogen) atoms. The fraction of sp³-hybridized carbons (Fsp3) is 0.176. The molecule has 1 aliphatic rings. The summed E-state index contributed by atoms with van der Waals surface area (Å²) in [5.41, 5.74) is 1.17. The lowest BCUT2D eigenvalue weighted by molar-refractivity contribution is -0.139. The van der Waals surface area contributed by atoms with Gasteiger partial charge in [0.1, 0.15) is 6.04 Å². The summed E-state index contributed by atoms with van der Waals surface area (Å²) in [6.07, 6.45) is 0.157. The highest BCUT2D eigenvalue weighted by Crippen LogP contribution is 2.32. The molecule has 2 N–H and O–H groups in total. The Balaban J connectivity index is 1.72. The Morgan fingerprint density at radius 2 is 1.83 bits per heavy atom. The summed E-state index contributed by atoms with van der Waals surface area (Å²) in [5.74, 6) is -0.291. The van der Waals surface area contributed by atoms with Crippen LogP contribution < -0.4 is 14.8 Å². The van der Waals surface area contributed by atoms with Crippen LogP contribution in [0.1, 0.15) is 15.9 Å². The van der Waals surface area contributed by atoms with Crippen molar-refractivity contribution in [3.8, 4) is 11.5 Å². The molecule has 1 atom stereocenters. The quantitative estimate of drug-likeness (QED) is 0.880. The summed E-state index contributed by atoms with van der Waals surface area (Å²) in [5, 5.41) is 11.9. The second-order valence-corrected chi connectivity index (χ2v) is 5.12. The van der Waals surface area contributed by atoms with E-state index in [1.54, 1.807) is 48.5 Å². The number of hydrogen-bond donors (Lipinski definition) is 2. The Hall–Kier alpha value is -3.02. The summed E-state index contributed by atoms with van der Waals surface area (Å²) in [7, 11) is 0. The van der Waals surface area contributed by atoms with E-state index in [1.807, 2.05) is 0 Å². The fourth-order valence-corrected chi connectivity index (χ4v) is 2.33. The lowest BCUT2D eigenvalue weighted by Gasteiger charge is -2.15. The third kappa shape index (κ3) is 3.42. The van der Waals surface area contributed by atoms with Crippen molar-refractivity contribution in [1.29, 1.82) is 0 Å². The molecule has 1 heterocycles. The van der Waals surface area contributed by atoms with E-state index < -0.39 is 17.9 Å². The Morgan fingerprint density at radius 1 is 1.09 bits per heavy atom. The van der Waals surface area contributed by atoms with Crippen molar-refractivity contribution >= 4 is 11.9 Å². The average molecular weight is 313 g/mol. The molecule has 0 aromatic heterocycles. The molecular formula is C17H15NO5. The number of ether oxygens (including phenoxy) is 2. The summed E-state index contributed by atoms with van der Waals surface area (Å²) in [6, 6.07) is 12.7. The first-order valence-electron chi connectivity index (χ1n) is 7.11. The number of carbonyl (C=O) groups is 2. The maximum atomic E-state index is 12.1. The second-order valence-electron chi connectivity index (χ2n) is 5.12. The third-order valence-electron chi connectivity index (χ3n) is 3.52. The third-order valence-corrected chi connectivity index (χ3v) is 3.52. The second kappa shape index (κ2) is 6.39. The maximum absolute atomic E-state index is 12.1. The molecule has 0 radical (unpaired) electrons. The maximum Gasteiger partial charge on any atom is 0.326 e. The number of aliphatic carboxylic acids is 1. The van der Waals surface area contributed by atoms with E-state index >= 15 is 0 Å². The van der Waals surface area contributed by atoms with Crippen molar-refractivity contribution in [3.05, 3.63) is 59.7 Å². The number of carbonyl (C=O) groups excluding carboxylic acids is 1. The molecule has 0 saturated heterocycles. The minimum Gasteiger partial charge on any atom is -0.480 e. The van der Waals surface area contributed by atoms with Gasteiger partial charge >= 0.3 is 5.97 Å². The van der Waals surface area contributed by atoms with Crippen molar-refractivity contribution in [1.82, 2.24) is 5.32 Å². The molecule has 1 amide bonds. The van der Waals surface area contributed by atoms with Crippen LogP contribution in [0.2, 0.25) is 0 Å². The molecule has 0 spiro atoms. The van der Waals surface area contributed by atoms with Gasteiger partial charge in [0.25, 0.3) is 5.91 Å². The molecular weight excluding hydrogens is 298 g/mol. The molecule has 3 rings (SSSR count). The topological polar surface area (TPSA) is 84.9 Å². The zero-order valence-electron chi connectivity index (χ0n) is 12.2. The molecule has 2 aromatic rings. The van der Waals surface area contributed by atoms with Crippen molar-refractivity contribution in [3.63, 3.8) is 0 Å². The van der Waals surface area contributed by atoms with Gasteiger partial charge in [0.05, 0.1) is 0 Å². The minimum absolute atomic E-state index is 0.157. The van der Waals surface area contributed by atoms with Gasteiger partial charge in [-0.15, -0.1) is 0 Å². The van der Waals surface area contributed by atoms with Crippen LogP contribution in [0.5, 0.6) is 11.5 Å². The fourth-order valence-electron chi connectivity index (χ4n) is 2.33. The summed E-state index contributed by atoms with van der Waals surface area (Å²) >= 11 is 0. The van der Waals surface area contributed by atoms with Gasteiger partial charge in [0, 0.05) is 12.0 Å². The van der Waals surface area contributed by atoms with Crippen molar-refractivity contribution in [2.45, 2.75) is 12.5 Å².